The number of fused-ring (bicyclic) bond motifs is 5. The van der Waals surface area contributed by atoms with Gasteiger partial charge in [-0.05, 0) is 74.8 Å². The molecule has 6 rings (SSSR count). The van der Waals surface area contributed by atoms with Crippen LogP contribution in [0.25, 0.3) is 56.3 Å². The summed E-state index contributed by atoms with van der Waals surface area (Å²) >= 11 is 0. The van der Waals surface area contributed by atoms with E-state index in [0.29, 0.717) is 23.7 Å². The molecule has 0 radical (unpaired) electrons. The lowest BCUT2D eigenvalue weighted by atomic mass is 9.99. The van der Waals surface area contributed by atoms with Crippen molar-refractivity contribution in [3.63, 3.8) is 0 Å². The molecular formula is C53H84N4O4. The van der Waals surface area contributed by atoms with Crippen molar-refractivity contribution in [2.45, 2.75) is 167 Å². The molecule has 0 saturated heterocycles. The van der Waals surface area contributed by atoms with Crippen molar-refractivity contribution in [2.75, 3.05) is 26.7 Å². The van der Waals surface area contributed by atoms with Gasteiger partial charge in [0.2, 0.25) is 5.91 Å². The molecular weight excluding hydrogens is 757 g/mol. The fraction of sp³-hybridized carbons (Fsp3) is 0.547. The molecule has 0 saturated carbocycles. The Kier molecular flexibility index (Phi) is 27.2. The molecule has 3 heterocycles. The van der Waals surface area contributed by atoms with E-state index >= 15 is 0 Å². The predicted molar refractivity (Wildman–Crippen MR) is 266 cm³/mol. The molecule has 340 valence electrons. The Balaban J connectivity index is 0.000000589. The number of aryl methyl sites for hydroxylation is 2. The van der Waals surface area contributed by atoms with Gasteiger partial charge in [0, 0.05) is 47.9 Å². The number of amides is 2. The number of para-hydroxylation sites is 1. The number of furan rings is 1. The van der Waals surface area contributed by atoms with Crippen LogP contribution in [-0.4, -0.2) is 48.0 Å². The summed E-state index contributed by atoms with van der Waals surface area (Å²) in [6, 6.07) is 14.2. The maximum absolute atomic E-state index is 13.2. The third-order valence-corrected chi connectivity index (χ3v) is 10.2. The second-order valence-electron chi connectivity index (χ2n) is 15.7. The molecule has 2 aliphatic rings. The van der Waals surface area contributed by atoms with E-state index < -0.39 is 0 Å². The average molecular weight is 841 g/mol. The minimum absolute atomic E-state index is 0.102. The van der Waals surface area contributed by atoms with Crippen molar-refractivity contribution >= 4 is 62.4 Å². The number of pyridine rings is 1. The number of aromatic nitrogens is 1. The zero-order chi connectivity index (χ0) is 45.9. The summed E-state index contributed by atoms with van der Waals surface area (Å²) in [7, 11) is 1.99. The monoisotopic (exact) mass is 841 g/mol. The first kappa shape index (κ1) is 54.5. The normalized spacial score (nSPS) is 10.5. The maximum Gasteiger partial charge on any atom is 0.253 e. The fourth-order valence-corrected chi connectivity index (χ4v) is 6.53. The van der Waals surface area contributed by atoms with E-state index in [9.17, 15) is 9.59 Å². The second kappa shape index (κ2) is 30.5. The van der Waals surface area contributed by atoms with E-state index in [-0.39, 0.29) is 11.8 Å². The van der Waals surface area contributed by atoms with Gasteiger partial charge in [0.1, 0.15) is 11.2 Å². The Morgan fingerprint density at radius 2 is 1.33 bits per heavy atom. The van der Waals surface area contributed by atoms with Crippen LogP contribution in [0.2, 0.25) is 0 Å². The van der Waals surface area contributed by atoms with Crippen molar-refractivity contribution in [2.24, 2.45) is 5.73 Å². The number of benzene rings is 3. The summed E-state index contributed by atoms with van der Waals surface area (Å²) in [5, 5.41) is 6.77. The maximum atomic E-state index is 13.2. The number of hydrogen-bond donors (Lipinski definition) is 2. The summed E-state index contributed by atoms with van der Waals surface area (Å²) in [4.78, 5) is 25.6. The largest absolute Gasteiger partial charge is 0.456 e. The van der Waals surface area contributed by atoms with Gasteiger partial charge in [-0.15, -0.1) is 0 Å². The first-order valence-corrected chi connectivity index (χ1v) is 23.6. The number of carbonyl (C=O) groups excluding carboxylic acids is 2. The zero-order valence-electron chi connectivity index (χ0n) is 40.7. The standard InChI is InChI=1S/C30H28N2O3.C7H16N2O.C7H16.C4H10.C3H8.C2H6/c1-5-6-9-12-31-30(33)23-16-32-24-15-26-22(20-10-7-8-11-25(20)34-26)14-27(24)35-29-18(3)17(2)13-21(19(23)4)28(29)32;1-3-5-9(2)6-4-7(8)10;1-3-5-7-6-4-2;1-3-4-2;1-3-2;1-2/h7-8,10-11,13-16H,4-6,9,12H2,1-3H3,(H,31,33);3-6H2,1-2H3,(H2,8,10);3-7H2,1-2H3;3-4H2,1-2H3;3H2,1-2H3;1-2H3. The van der Waals surface area contributed by atoms with Gasteiger partial charge < -0.3 is 29.4 Å². The van der Waals surface area contributed by atoms with Gasteiger partial charge >= 0.3 is 0 Å². The van der Waals surface area contributed by atoms with Crippen LogP contribution in [0.15, 0.2) is 57.5 Å². The lowest BCUT2D eigenvalue weighted by Gasteiger charge is -2.22. The van der Waals surface area contributed by atoms with Crippen LogP contribution in [0.1, 0.15) is 174 Å². The van der Waals surface area contributed by atoms with Crippen molar-refractivity contribution < 1.29 is 18.4 Å². The van der Waals surface area contributed by atoms with Crippen molar-refractivity contribution in [3.8, 4) is 5.69 Å². The number of primary amides is 1. The number of rotatable bonds is 15. The lowest BCUT2D eigenvalue weighted by Crippen LogP contribution is -2.31. The number of nitrogens with two attached hydrogens (primary N) is 1. The quantitative estimate of drug-likeness (QED) is 0.0608. The topological polar surface area (TPSA) is 107 Å². The van der Waals surface area contributed by atoms with Gasteiger partial charge in [-0.1, -0.05) is 158 Å². The van der Waals surface area contributed by atoms with Gasteiger partial charge in [-0.3, -0.25) is 9.59 Å². The van der Waals surface area contributed by atoms with Crippen LogP contribution in [0, 0.1) is 13.8 Å². The summed E-state index contributed by atoms with van der Waals surface area (Å²) in [5.41, 5.74) is 12.6. The molecule has 8 heteroatoms. The molecule has 1 aromatic heterocycles. The molecule has 3 N–H and O–H groups in total. The third-order valence-electron chi connectivity index (χ3n) is 10.2. The van der Waals surface area contributed by atoms with Crippen molar-refractivity contribution in [3.05, 3.63) is 70.6 Å². The van der Waals surface area contributed by atoms with Crippen molar-refractivity contribution in [1.82, 2.24) is 14.8 Å². The summed E-state index contributed by atoms with van der Waals surface area (Å²) in [6.45, 7) is 32.3. The van der Waals surface area contributed by atoms with Crippen LogP contribution in [-0.2, 0) is 4.79 Å². The van der Waals surface area contributed by atoms with Crippen LogP contribution >= 0.6 is 0 Å². The predicted octanol–water partition coefficient (Wildman–Crippen LogP) is 14.4. The van der Waals surface area contributed by atoms with Crippen LogP contribution in [0.3, 0.4) is 0 Å². The SMILES string of the molecule is C=c1c(C(=O)NCCCCC)cn2c3cc4oc5ccccc5c4cc3oc3c(C)c(C)cc1c3-2.CC.CCC.CCCC.CCCCCCC.CCCN(C)CCC(N)=O. The number of nitrogens with one attached hydrogen (secondary N) is 1. The molecule has 0 atom stereocenters. The number of nitrogens with zero attached hydrogens (tertiary/aromatic N) is 2. The number of hydrogen-bond acceptors (Lipinski definition) is 5. The molecule has 0 aliphatic carbocycles. The molecule has 61 heavy (non-hydrogen) atoms. The van der Waals surface area contributed by atoms with E-state index in [1.54, 1.807) is 0 Å². The van der Waals surface area contributed by atoms with Crippen LogP contribution < -0.4 is 16.3 Å². The van der Waals surface area contributed by atoms with E-state index in [1.807, 2.05) is 57.4 Å². The molecule has 0 bridgehead atoms. The molecule has 2 amide bonds. The first-order chi connectivity index (χ1) is 29.4. The van der Waals surface area contributed by atoms with E-state index in [0.717, 1.165) is 99.6 Å². The first-order valence-electron chi connectivity index (χ1n) is 23.6. The van der Waals surface area contributed by atoms with Gasteiger partial charge in [0.25, 0.3) is 5.91 Å². The molecule has 0 fully saturated rings. The Hall–Kier alpha value is -4.56. The van der Waals surface area contributed by atoms with Crippen LogP contribution in [0.5, 0.6) is 0 Å². The minimum Gasteiger partial charge on any atom is -0.456 e. The molecule has 3 aromatic carbocycles. The smallest absolute Gasteiger partial charge is 0.253 e. The highest BCUT2D eigenvalue weighted by atomic mass is 16.3. The molecule has 8 nitrogen and oxygen atoms in total. The van der Waals surface area contributed by atoms with Crippen molar-refractivity contribution in [1.29, 1.82) is 0 Å². The number of carbonyl (C=O) groups is 2. The Bertz CT molecular complexity index is 2170. The Labute approximate surface area is 369 Å². The van der Waals surface area contributed by atoms with E-state index in [1.165, 1.54) is 51.4 Å². The molecule has 4 aromatic rings. The zero-order valence-corrected chi connectivity index (χ0v) is 40.7. The highest BCUT2D eigenvalue weighted by Gasteiger charge is 2.23. The highest BCUT2D eigenvalue weighted by molar-refractivity contribution is 6.10. The lowest BCUT2D eigenvalue weighted by molar-refractivity contribution is -0.118. The molecule has 2 aliphatic heterocycles. The van der Waals surface area contributed by atoms with Gasteiger partial charge in [0.15, 0.2) is 11.2 Å². The second-order valence-corrected chi connectivity index (χ2v) is 15.7. The van der Waals surface area contributed by atoms with Crippen LogP contribution in [0.4, 0.5) is 0 Å². The van der Waals surface area contributed by atoms with E-state index in [2.05, 4.69) is 103 Å². The summed E-state index contributed by atoms with van der Waals surface area (Å²) in [5.74, 6) is -0.322. The molecule has 0 spiro atoms. The summed E-state index contributed by atoms with van der Waals surface area (Å²) in [6.07, 6.45) is 17.6. The Morgan fingerprint density at radius 3 is 1.90 bits per heavy atom. The fourth-order valence-electron chi connectivity index (χ4n) is 6.53. The van der Waals surface area contributed by atoms with Gasteiger partial charge in [0.05, 0.1) is 16.8 Å². The highest BCUT2D eigenvalue weighted by Crippen LogP contribution is 2.38. The summed E-state index contributed by atoms with van der Waals surface area (Å²) < 4.78 is 14.8. The minimum atomic E-state index is -0.219. The Morgan fingerprint density at radius 1 is 0.721 bits per heavy atom. The van der Waals surface area contributed by atoms with E-state index in [4.69, 9.17) is 14.6 Å². The molecule has 0 unspecified atom stereocenters. The van der Waals surface area contributed by atoms with Gasteiger partial charge in [-0.2, -0.15) is 0 Å². The third kappa shape index (κ3) is 16.7. The van der Waals surface area contributed by atoms with Gasteiger partial charge in [-0.25, -0.2) is 0 Å². The average Bonchev–Trinajstić information content (AvgIpc) is 3.62. The number of unbranched alkanes of at least 4 members (excludes halogenated alkanes) is 7.